The molecule has 1 aromatic heterocycles. The first-order valence-electron chi connectivity index (χ1n) is 7.10. The van der Waals surface area contributed by atoms with Crippen molar-refractivity contribution in [2.24, 2.45) is 0 Å². The lowest BCUT2D eigenvalue weighted by molar-refractivity contribution is -0.0734. The number of rotatable bonds is 4. The highest BCUT2D eigenvalue weighted by Gasteiger charge is 2.33. The molecule has 0 bridgehead atoms. The van der Waals surface area contributed by atoms with Gasteiger partial charge in [-0.05, 0) is 6.92 Å². The van der Waals surface area contributed by atoms with Gasteiger partial charge in [-0.1, -0.05) is 0 Å². The molecule has 1 aliphatic heterocycles. The van der Waals surface area contributed by atoms with Gasteiger partial charge in [-0.3, -0.25) is 4.79 Å². The fraction of sp³-hybridized carbons (Fsp3) is 0.600. The first-order valence-corrected chi connectivity index (χ1v) is 7.10. The fourth-order valence-corrected chi connectivity index (χ4v) is 2.52. The molecule has 0 atom stereocenters. The highest BCUT2D eigenvalue weighted by molar-refractivity contribution is 5.98. The second kappa shape index (κ2) is 6.50. The number of hydrogen-bond donors (Lipinski definition) is 1. The summed E-state index contributed by atoms with van der Waals surface area (Å²) in [5.74, 6) is -0.609. The lowest BCUT2D eigenvalue weighted by Crippen LogP contribution is -2.47. The molecule has 1 aromatic rings. The zero-order valence-electron chi connectivity index (χ0n) is 13.0. The number of ether oxygens (including phenoxy) is 2. The summed E-state index contributed by atoms with van der Waals surface area (Å²) in [5, 5.41) is 10.5. The van der Waals surface area contributed by atoms with Gasteiger partial charge in [0.25, 0.3) is 5.91 Å². The number of aliphatic hydroxyl groups is 1. The van der Waals surface area contributed by atoms with Crippen LogP contribution < -0.4 is 0 Å². The highest BCUT2D eigenvalue weighted by atomic mass is 16.5. The van der Waals surface area contributed by atoms with Gasteiger partial charge in [0.15, 0.2) is 0 Å². The molecule has 0 aliphatic carbocycles. The summed E-state index contributed by atoms with van der Waals surface area (Å²) in [6, 6.07) is 1.37. The SMILES string of the molecule is COC(=O)c1cc(C(=O)N(C)CC2(O)CCOCC2)c(C)o1. The predicted octanol–water partition coefficient (Wildman–Crippen LogP) is 0.988. The molecule has 1 N–H and O–H groups in total. The van der Waals surface area contributed by atoms with E-state index in [1.807, 2.05) is 0 Å². The fourth-order valence-electron chi connectivity index (χ4n) is 2.52. The quantitative estimate of drug-likeness (QED) is 0.834. The smallest absolute Gasteiger partial charge is 0.373 e. The first kappa shape index (κ1) is 16.5. The Morgan fingerprint density at radius 2 is 2.05 bits per heavy atom. The van der Waals surface area contributed by atoms with Crippen molar-refractivity contribution in [1.29, 1.82) is 0 Å². The van der Waals surface area contributed by atoms with Crippen LogP contribution in [0.5, 0.6) is 0 Å². The Kier molecular flexibility index (Phi) is 4.87. The van der Waals surface area contributed by atoms with E-state index in [1.165, 1.54) is 18.1 Å². The van der Waals surface area contributed by atoms with Crippen molar-refractivity contribution in [3.63, 3.8) is 0 Å². The van der Waals surface area contributed by atoms with Gasteiger partial charge in [-0.15, -0.1) is 0 Å². The van der Waals surface area contributed by atoms with Crippen LogP contribution in [0.4, 0.5) is 0 Å². The van der Waals surface area contributed by atoms with Gasteiger partial charge >= 0.3 is 5.97 Å². The molecule has 0 radical (unpaired) electrons. The summed E-state index contributed by atoms with van der Waals surface area (Å²) in [6.45, 7) is 2.77. The Bertz CT molecular complexity index is 558. The van der Waals surface area contributed by atoms with Crippen LogP contribution in [0.2, 0.25) is 0 Å². The first-order chi connectivity index (χ1) is 10.4. The van der Waals surface area contributed by atoms with Crippen molar-refractivity contribution >= 4 is 11.9 Å². The van der Waals surface area contributed by atoms with Crippen LogP contribution in [0.25, 0.3) is 0 Å². The zero-order valence-corrected chi connectivity index (χ0v) is 13.0. The maximum absolute atomic E-state index is 12.5. The van der Waals surface area contributed by atoms with E-state index in [4.69, 9.17) is 9.15 Å². The lowest BCUT2D eigenvalue weighted by atomic mass is 9.94. The van der Waals surface area contributed by atoms with Gasteiger partial charge in [0.1, 0.15) is 5.76 Å². The number of methoxy groups -OCH3 is 1. The van der Waals surface area contributed by atoms with Crippen molar-refractivity contribution in [2.45, 2.75) is 25.4 Å². The Morgan fingerprint density at radius 3 is 2.64 bits per heavy atom. The number of furan rings is 1. The molecule has 1 fully saturated rings. The second-order valence-corrected chi connectivity index (χ2v) is 5.57. The van der Waals surface area contributed by atoms with Gasteiger partial charge in [0.05, 0.1) is 18.3 Å². The molecule has 0 spiro atoms. The van der Waals surface area contributed by atoms with Crippen LogP contribution in [0.1, 0.15) is 39.5 Å². The Labute approximate surface area is 128 Å². The summed E-state index contributed by atoms with van der Waals surface area (Å²) < 4.78 is 15.0. The van der Waals surface area contributed by atoms with Crippen molar-refractivity contribution in [3.05, 3.63) is 23.2 Å². The number of likely N-dealkylation sites (N-methyl/N-ethyl adjacent to an activating group) is 1. The molecule has 0 aromatic carbocycles. The van der Waals surface area contributed by atoms with Crippen molar-refractivity contribution in [1.82, 2.24) is 4.90 Å². The number of carbonyl (C=O) groups is 2. The Hall–Kier alpha value is -1.86. The van der Waals surface area contributed by atoms with E-state index in [1.54, 1.807) is 14.0 Å². The third-order valence-electron chi connectivity index (χ3n) is 3.84. The lowest BCUT2D eigenvalue weighted by Gasteiger charge is -2.35. The normalized spacial score (nSPS) is 17.1. The molecular formula is C15H21NO6. The number of nitrogens with zero attached hydrogens (tertiary/aromatic N) is 1. The van der Waals surface area contributed by atoms with E-state index < -0.39 is 11.6 Å². The predicted molar refractivity (Wildman–Crippen MR) is 76.7 cm³/mol. The third kappa shape index (κ3) is 3.48. The van der Waals surface area contributed by atoms with Crippen LogP contribution >= 0.6 is 0 Å². The zero-order chi connectivity index (χ0) is 16.3. The van der Waals surface area contributed by atoms with E-state index >= 15 is 0 Å². The Morgan fingerprint density at radius 1 is 1.41 bits per heavy atom. The topological polar surface area (TPSA) is 89.2 Å². The molecule has 122 valence electrons. The van der Waals surface area contributed by atoms with Crippen LogP contribution in [0.3, 0.4) is 0 Å². The minimum Gasteiger partial charge on any atom is -0.463 e. The van der Waals surface area contributed by atoms with Gasteiger partial charge in [-0.25, -0.2) is 4.79 Å². The monoisotopic (exact) mass is 311 g/mol. The van der Waals surface area contributed by atoms with Crippen molar-refractivity contribution in [2.75, 3.05) is 33.9 Å². The molecule has 0 unspecified atom stereocenters. The molecule has 7 heteroatoms. The van der Waals surface area contributed by atoms with E-state index in [0.29, 0.717) is 37.4 Å². The van der Waals surface area contributed by atoms with Crippen molar-refractivity contribution in [3.8, 4) is 0 Å². The molecule has 1 aliphatic rings. The van der Waals surface area contributed by atoms with Crippen LogP contribution in [-0.2, 0) is 9.47 Å². The second-order valence-electron chi connectivity index (χ2n) is 5.57. The Balaban J connectivity index is 2.10. The average molecular weight is 311 g/mol. The van der Waals surface area contributed by atoms with Gasteiger partial charge in [-0.2, -0.15) is 0 Å². The molecule has 7 nitrogen and oxygen atoms in total. The summed E-state index contributed by atoms with van der Waals surface area (Å²) in [5.41, 5.74) is -0.649. The van der Waals surface area contributed by atoms with Gasteiger partial charge in [0, 0.05) is 45.7 Å². The van der Waals surface area contributed by atoms with E-state index in [-0.39, 0.29) is 18.2 Å². The third-order valence-corrected chi connectivity index (χ3v) is 3.84. The summed E-state index contributed by atoms with van der Waals surface area (Å²) in [6.07, 6.45) is 0.977. The minimum absolute atomic E-state index is 0.0125. The molecule has 0 saturated carbocycles. The number of amides is 1. The van der Waals surface area contributed by atoms with Crippen LogP contribution in [0, 0.1) is 6.92 Å². The minimum atomic E-state index is -0.939. The number of aryl methyl sites for hydroxylation is 1. The largest absolute Gasteiger partial charge is 0.463 e. The molecule has 22 heavy (non-hydrogen) atoms. The van der Waals surface area contributed by atoms with Crippen LogP contribution in [0.15, 0.2) is 10.5 Å². The average Bonchev–Trinajstić information content (AvgIpc) is 2.87. The number of carbonyl (C=O) groups excluding carboxylic acids is 2. The molecular weight excluding hydrogens is 290 g/mol. The number of esters is 1. The summed E-state index contributed by atoms with van der Waals surface area (Å²) in [4.78, 5) is 25.4. The van der Waals surface area contributed by atoms with Crippen molar-refractivity contribution < 1.29 is 28.6 Å². The van der Waals surface area contributed by atoms with E-state index in [9.17, 15) is 14.7 Å². The standard InChI is InChI=1S/C15H21NO6/c1-10-11(8-12(22-10)14(18)20-3)13(17)16(2)9-15(19)4-6-21-7-5-15/h8,19H,4-7,9H2,1-3H3. The number of hydrogen-bond acceptors (Lipinski definition) is 6. The molecule has 1 amide bonds. The molecule has 2 heterocycles. The summed E-state index contributed by atoms with van der Waals surface area (Å²) in [7, 11) is 2.86. The van der Waals surface area contributed by atoms with Crippen LogP contribution in [-0.4, -0.2) is 61.4 Å². The van der Waals surface area contributed by atoms with Gasteiger partial charge < -0.3 is 23.9 Å². The summed E-state index contributed by atoms with van der Waals surface area (Å²) >= 11 is 0. The van der Waals surface area contributed by atoms with E-state index in [0.717, 1.165) is 0 Å². The van der Waals surface area contributed by atoms with Gasteiger partial charge in [0.2, 0.25) is 5.76 Å². The van der Waals surface area contributed by atoms with E-state index in [2.05, 4.69) is 4.74 Å². The highest BCUT2D eigenvalue weighted by Crippen LogP contribution is 2.23. The molecule has 2 rings (SSSR count). The maximum atomic E-state index is 12.5. The maximum Gasteiger partial charge on any atom is 0.373 e. The molecule has 1 saturated heterocycles.